The molecular formula is C25H21N3O5S. The van der Waals surface area contributed by atoms with Crippen molar-refractivity contribution in [3.63, 3.8) is 0 Å². The highest BCUT2D eigenvalue weighted by Crippen LogP contribution is 2.29. The third-order valence-electron chi connectivity index (χ3n) is 5.28. The molecule has 2 amide bonds. The SMILES string of the molecule is COC(=O)[C@H](Cc1ccc(O)cc1)NC(=O)c1cc(C(N)=O)c2cc(-c3cccs3)ccc2n1. The van der Waals surface area contributed by atoms with Gasteiger partial charge >= 0.3 is 5.97 Å². The van der Waals surface area contributed by atoms with E-state index in [0.29, 0.717) is 16.5 Å². The lowest BCUT2D eigenvalue weighted by Crippen LogP contribution is -2.43. The van der Waals surface area contributed by atoms with Crippen LogP contribution >= 0.6 is 11.3 Å². The Kier molecular flexibility index (Phi) is 6.55. The predicted octanol–water partition coefficient (Wildman–Crippen LogP) is 3.28. The quantitative estimate of drug-likeness (QED) is 0.352. The highest BCUT2D eigenvalue weighted by atomic mass is 32.1. The summed E-state index contributed by atoms with van der Waals surface area (Å²) in [4.78, 5) is 43.0. The number of hydrogen-bond donors (Lipinski definition) is 3. The number of primary amides is 1. The molecule has 0 aliphatic heterocycles. The number of hydrogen-bond acceptors (Lipinski definition) is 7. The van der Waals surface area contributed by atoms with Gasteiger partial charge in [0.05, 0.1) is 18.2 Å². The van der Waals surface area contributed by atoms with E-state index in [2.05, 4.69) is 10.3 Å². The van der Waals surface area contributed by atoms with Gasteiger partial charge in [-0.2, -0.15) is 0 Å². The number of phenolic OH excluding ortho intramolecular Hbond substituents is 1. The first-order chi connectivity index (χ1) is 16.4. The number of nitrogens with two attached hydrogens (primary N) is 1. The van der Waals surface area contributed by atoms with Crippen LogP contribution in [-0.4, -0.2) is 41.0 Å². The maximum Gasteiger partial charge on any atom is 0.328 e. The Hall–Kier alpha value is -4.24. The van der Waals surface area contributed by atoms with Gasteiger partial charge in [-0.15, -0.1) is 11.3 Å². The fourth-order valence-corrected chi connectivity index (χ4v) is 4.30. The normalized spacial score (nSPS) is 11.7. The van der Waals surface area contributed by atoms with Crippen LogP contribution in [0.5, 0.6) is 5.75 Å². The standard InChI is InChI=1S/C25H21N3O5S/c1-33-25(32)21(11-14-4-7-16(29)8-5-14)28-24(31)20-13-18(23(26)30)17-12-15(6-9-19(17)27-20)22-3-2-10-34-22/h2-10,12-13,21,29H,11H2,1H3,(H2,26,30)(H,28,31)/t21-/m0/s1. The van der Waals surface area contributed by atoms with Crippen molar-refractivity contribution in [2.45, 2.75) is 12.5 Å². The lowest BCUT2D eigenvalue weighted by molar-refractivity contribution is -0.142. The Labute approximate surface area is 199 Å². The van der Waals surface area contributed by atoms with Crippen molar-refractivity contribution < 1.29 is 24.2 Å². The number of nitrogens with one attached hydrogen (secondary N) is 1. The molecule has 2 aromatic heterocycles. The van der Waals surface area contributed by atoms with Crippen molar-refractivity contribution in [3.8, 4) is 16.2 Å². The van der Waals surface area contributed by atoms with Crippen LogP contribution in [0.4, 0.5) is 0 Å². The number of carbonyl (C=O) groups is 3. The van der Waals surface area contributed by atoms with E-state index in [9.17, 15) is 19.5 Å². The molecule has 0 aliphatic carbocycles. The first kappa shape index (κ1) is 22.9. The van der Waals surface area contributed by atoms with Crippen LogP contribution in [-0.2, 0) is 16.0 Å². The molecule has 9 heteroatoms. The number of esters is 1. The summed E-state index contributed by atoms with van der Waals surface area (Å²) in [7, 11) is 1.23. The maximum absolute atomic E-state index is 13.0. The summed E-state index contributed by atoms with van der Waals surface area (Å²) >= 11 is 1.56. The van der Waals surface area contributed by atoms with Crippen LogP contribution in [0.15, 0.2) is 66.0 Å². The molecule has 0 bridgehead atoms. The van der Waals surface area contributed by atoms with Gasteiger partial charge in [-0.3, -0.25) is 9.59 Å². The molecule has 0 spiro atoms. The summed E-state index contributed by atoms with van der Waals surface area (Å²) in [5.74, 6) is -1.90. The van der Waals surface area contributed by atoms with Crippen molar-refractivity contribution in [1.82, 2.24) is 10.3 Å². The maximum atomic E-state index is 13.0. The number of methoxy groups -OCH3 is 1. The number of thiophene rings is 1. The smallest absolute Gasteiger partial charge is 0.328 e. The van der Waals surface area contributed by atoms with Crippen molar-refractivity contribution >= 4 is 40.0 Å². The number of amides is 2. The Morgan fingerprint density at radius 2 is 1.88 bits per heavy atom. The molecule has 0 aliphatic rings. The van der Waals surface area contributed by atoms with E-state index in [-0.39, 0.29) is 23.4 Å². The zero-order valence-corrected chi connectivity index (χ0v) is 19.0. The average molecular weight is 476 g/mol. The highest BCUT2D eigenvalue weighted by molar-refractivity contribution is 7.13. The Bertz CT molecular complexity index is 1370. The summed E-state index contributed by atoms with van der Waals surface area (Å²) in [6, 6.07) is 15.9. The van der Waals surface area contributed by atoms with Gasteiger partial charge in [0, 0.05) is 16.7 Å². The second kappa shape index (κ2) is 9.72. The monoisotopic (exact) mass is 475 g/mol. The molecule has 172 valence electrons. The molecule has 0 saturated heterocycles. The van der Waals surface area contributed by atoms with Gasteiger partial charge < -0.3 is 20.9 Å². The Morgan fingerprint density at radius 3 is 2.53 bits per heavy atom. The fourth-order valence-electron chi connectivity index (χ4n) is 3.58. The van der Waals surface area contributed by atoms with Crippen LogP contribution in [0.3, 0.4) is 0 Å². The number of rotatable bonds is 7. The molecule has 2 heterocycles. The van der Waals surface area contributed by atoms with Crippen LogP contribution in [0.1, 0.15) is 26.4 Å². The number of fused-ring (bicyclic) bond motifs is 1. The number of carbonyl (C=O) groups excluding carboxylic acids is 3. The summed E-state index contributed by atoms with van der Waals surface area (Å²) < 4.78 is 4.83. The molecule has 0 unspecified atom stereocenters. The topological polar surface area (TPSA) is 132 Å². The highest BCUT2D eigenvalue weighted by Gasteiger charge is 2.24. The second-order valence-corrected chi connectivity index (χ2v) is 8.50. The molecule has 8 nitrogen and oxygen atoms in total. The minimum absolute atomic E-state index is 0.0511. The minimum Gasteiger partial charge on any atom is -0.508 e. The molecule has 4 rings (SSSR count). The second-order valence-electron chi connectivity index (χ2n) is 7.55. The summed E-state index contributed by atoms with van der Waals surface area (Å²) in [6.45, 7) is 0. The van der Waals surface area contributed by atoms with Crippen molar-refractivity contribution in [2.75, 3.05) is 7.11 Å². The number of benzene rings is 2. The largest absolute Gasteiger partial charge is 0.508 e. The summed E-state index contributed by atoms with van der Waals surface area (Å²) in [6.07, 6.45) is 0.138. The van der Waals surface area contributed by atoms with Gasteiger partial charge in [-0.1, -0.05) is 24.3 Å². The third kappa shape index (κ3) is 4.89. The molecule has 34 heavy (non-hydrogen) atoms. The molecule has 4 aromatic rings. The molecular weight excluding hydrogens is 454 g/mol. The molecule has 2 aromatic carbocycles. The van der Waals surface area contributed by atoms with Gasteiger partial charge in [-0.25, -0.2) is 9.78 Å². The average Bonchev–Trinajstić information content (AvgIpc) is 3.38. The number of nitrogens with zero attached hydrogens (tertiary/aromatic N) is 1. The predicted molar refractivity (Wildman–Crippen MR) is 129 cm³/mol. The number of aromatic nitrogens is 1. The number of aromatic hydroxyl groups is 1. The molecule has 0 saturated carbocycles. The lowest BCUT2D eigenvalue weighted by Gasteiger charge is -2.17. The molecule has 0 radical (unpaired) electrons. The van der Waals surface area contributed by atoms with E-state index >= 15 is 0 Å². The van der Waals surface area contributed by atoms with Crippen LogP contribution in [0, 0.1) is 0 Å². The Balaban J connectivity index is 1.66. The van der Waals surface area contributed by atoms with Crippen molar-refractivity contribution in [1.29, 1.82) is 0 Å². The lowest BCUT2D eigenvalue weighted by atomic mass is 10.0. The van der Waals surface area contributed by atoms with Crippen LogP contribution in [0.2, 0.25) is 0 Å². The van der Waals surface area contributed by atoms with E-state index in [1.807, 2.05) is 29.6 Å². The first-order valence-corrected chi connectivity index (χ1v) is 11.2. The van der Waals surface area contributed by atoms with Gasteiger partial charge in [0.25, 0.3) is 5.91 Å². The van der Waals surface area contributed by atoms with Crippen molar-refractivity contribution in [3.05, 3.63) is 82.9 Å². The van der Waals surface area contributed by atoms with Gasteiger partial charge in [0.2, 0.25) is 5.91 Å². The number of pyridine rings is 1. The summed E-state index contributed by atoms with van der Waals surface area (Å²) in [5, 5.41) is 14.6. The van der Waals surface area contributed by atoms with Gasteiger partial charge in [0.1, 0.15) is 17.5 Å². The summed E-state index contributed by atoms with van der Waals surface area (Å²) in [5.41, 5.74) is 7.76. The Morgan fingerprint density at radius 1 is 1.12 bits per heavy atom. The zero-order chi connectivity index (χ0) is 24.2. The van der Waals surface area contributed by atoms with E-state index in [1.165, 1.54) is 25.3 Å². The zero-order valence-electron chi connectivity index (χ0n) is 18.1. The van der Waals surface area contributed by atoms with E-state index in [1.54, 1.807) is 29.5 Å². The number of ether oxygens (including phenoxy) is 1. The first-order valence-electron chi connectivity index (χ1n) is 10.3. The molecule has 1 atom stereocenters. The van der Waals surface area contributed by atoms with E-state index in [0.717, 1.165) is 10.4 Å². The third-order valence-corrected chi connectivity index (χ3v) is 6.20. The van der Waals surface area contributed by atoms with E-state index < -0.39 is 23.8 Å². The van der Waals surface area contributed by atoms with Crippen LogP contribution < -0.4 is 11.1 Å². The van der Waals surface area contributed by atoms with E-state index in [4.69, 9.17) is 10.5 Å². The molecule has 0 fully saturated rings. The molecule has 4 N–H and O–H groups in total. The van der Waals surface area contributed by atoms with Gasteiger partial charge in [-0.05, 0) is 52.9 Å². The van der Waals surface area contributed by atoms with Gasteiger partial charge in [0.15, 0.2) is 0 Å². The van der Waals surface area contributed by atoms with Crippen LogP contribution in [0.25, 0.3) is 21.3 Å². The van der Waals surface area contributed by atoms with Crippen molar-refractivity contribution in [2.24, 2.45) is 5.73 Å². The fraction of sp³-hybridized carbons (Fsp3) is 0.120. The minimum atomic E-state index is -1.00. The number of phenols is 1.